The zero-order valence-electron chi connectivity index (χ0n) is 12.7. The standard InChI is InChI=1S/C15H25ClN4/c1-4-12-15(16)14(19(3)18-12)9-20-8-10(2)17-7-13(20)11-5-6-11/h10-11,13,17H,4-9H2,1-3H3. The van der Waals surface area contributed by atoms with Crippen molar-refractivity contribution in [3.8, 4) is 0 Å². The number of piperazine rings is 1. The van der Waals surface area contributed by atoms with Crippen LogP contribution in [0.15, 0.2) is 0 Å². The van der Waals surface area contributed by atoms with Crippen LogP contribution < -0.4 is 5.32 Å². The number of hydrogen-bond donors (Lipinski definition) is 1. The Hall–Kier alpha value is -0.580. The molecule has 3 rings (SSSR count). The van der Waals surface area contributed by atoms with Crippen LogP contribution in [-0.4, -0.2) is 39.9 Å². The van der Waals surface area contributed by atoms with Gasteiger partial charge in [-0.05, 0) is 32.1 Å². The molecule has 2 heterocycles. The Morgan fingerprint density at radius 3 is 2.75 bits per heavy atom. The van der Waals surface area contributed by atoms with E-state index in [0.29, 0.717) is 12.1 Å². The summed E-state index contributed by atoms with van der Waals surface area (Å²) < 4.78 is 1.97. The van der Waals surface area contributed by atoms with Gasteiger partial charge in [0.2, 0.25) is 0 Å². The molecular formula is C15H25ClN4. The van der Waals surface area contributed by atoms with Gasteiger partial charge in [-0.1, -0.05) is 18.5 Å². The van der Waals surface area contributed by atoms with Crippen molar-refractivity contribution >= 4 is 11.6 Å². The number of aromatic nitrogens is 2. The molecule has 2 aliphatic rings. The number of rotatable bonds is 4. The summed E-state index contributed by atoms with van der Waals surface area (Å²) in [5.41, 5.74) is 2.19. The molecule has 0 spiro atoms. The lowest BCUT2D eigenvalue weighted by Crippen LogP contribution is -2.56. The Balaban J connectivity index is 1.79. The molecule has 1 aliphatic carbocycles. The first kappa shape index (κ1) is 14.4. The first-order chi connectivity index (χ1) is 9.60. The molecule has 2 atom stereocenters. The highest BCUT2D eigenvalue weighted by Crippen LogP contribution is 2.37. The maximum Gasteiger partial charge on any atom is 0.0863 e. The fourth-order valence-corrected chi connectivity index (χ4v) is 3.67. The van der Waals surface area contributed by atoms with Crippen LogP contribution in [-0.2, 0) is 20.0 Å². The molecule has 112 valence electrons. The van der Waals surface area contributed by atoms with Crippen molar-refractivity contribution < 1.29 is 0 Å². The van der Waals surface area contributed by atoms with Crippen LogP contribution >= 0.6 is 11.6 Å². The van der Waals surface area contributed by atoms with Gasteiger partial charge in [0.25, 0.3) is 0 Å². The molecule has 5 heteroatoms. The minimum atomic E-state index is 0.558. The van der Waals surface area contributed by atoms with Crippen molar-refractivity contribution in [3.05, 3.63) is 16.4 Å². The second kappa shape index (κ2) is 5.66. The quantitative estimate of drug-likeness (QED) is 0.925. The van der Waals surface area contributed by atoms with E-state index in [1.807, 2.05) is 11.7 Å². The van der Waals surface area contributed by atoms with Crippen LogP contribution in [0.1, 0.15) is 38.1 Å². The van der Waals surface area contributed by atoms with Gasteiger partial charge in [-0.25, -0.2) is 0 Å². The van der Waals surface area contributed by atoms with Crippen molar-refractivity contribution in [1.29, 1.82) is 0 Å². The average Bonchev–Trinajstić information content (AvgIpc) is 3.22. The monoisotopic (exact) mass is 296 g/mol. The average molecular weight is 297 g/mol. The first-order valence-electron chi connectivity index (χ1n) is 7.77. The van der Waals surface area contributed by atoms with E-state index in [0.717, 1.165) is 42.7 Å². The zero-order valence-corrected chi connectivity index (χ0v) is 13.5. The van der Waals surface area contributed by atoms with Gasteiger partial charge in [-0.15, -0.1) is 0 Å². The van der Waals surface area contributed by atoms with Crippen LogP contribution in [0.2, 0.25) is 5.02 Å². The number of nitrogens with zero attached hydrogens (tertiary/aromatic N) is 3. The fourth-order valence-electron chi connectivity index (χ4n) is 3.31. The molecule has 1 saturated heterocycles. The molecule has 1 aromatic heterocycles. The summed E-state index contributed by atoms with van der Waals surface area (Å²) in [7, 11) is 2.01. The van der Waals surface area contributed by atoms with Gasteiger partial charge in [0.15, 0.2) is 0 Å². The minimum absolute atomic E-state index is 0.558. The second-order valence-corrected chi connectivity index (χ2v) is 6.71. The summed E-state index contributed by atoms with van der Waals surface area (Å²) in [4.78, 5) is 2.61. The lowest BCUT2D eigenvalue weighted by atomic mass is 10.1. The second-order valence-electron chi connectivity index (χ2n) is 6.33. The molecule has 2 fully saturated rings. The number of nitrogens with one attached hydrogen (secondary N) is 1. The molecule has 20 heavy (non-hydrogen) atoms. The van der Waals surface area contributed by atoms with Gasteiger partial charge in [-0.3, -0.25) is 9.58 Å². The molecule has 0 bridgehead atoms. The highest BCUT2D eigenvalue weighted by atomic mass is 35.5. The molecule has 1 aromatic rings. The molecule has 1 aliphatic heterocycles. The highest BCUT2D eigenvalue weighted by Gasteiger charge is 2.38. The van der Waals surface area contributed by atoms with Crippen LogP contribution in [0.3, 0.4) is 0 Å². The fraction of sp³-hybridized carbons (Fsp3) is 0.800. The van der Waals surface area contributed by atoms with Crippen molar-refractivity contribution in [2.24, 2.45) is 13.0 Å². The molecule has 1 N–H and O–H groups in total. The maximum atomic E-state index is 6.50. The van der Waals surface area contributed by atoms with E-state index in [-0.39, 0.29) is 0 Å². The topological polar surface area (TPSA) is 33.1 Å². The summed E-state index contributed by atoms with van der Waals surface area (Å²) in [5.74, 6) is 0.882. The lowest BCUT2D eigenvalue weighted by Gasteiger charge is -2.39. The Morgan fingerprint density at radius 1 is 1.40 bits per heavy atom. The molecule has 2 unspecified atom stereocenters. The molecule has 0 amide bonds. The van der Waals surface area contributed by atoms with E-state index in [1.54, 1.807) is 0 Å². The molecule has 4 nitrogen and oxygen atoms in total. The van der Waals surface area contributed by atoms with Crippen molar-refractivity contribution in [3.63, 3.8) is 0 Å². The molecule has 0 aromatic carbocycles. The van der Waals surface area contributed by atoms with E-state index in [9.17, 15) is 0 Å². The summed E-state index contributed by atoms with van der Waals surface area (Å²) in [5, 5.41) is 9.03. The van der Waals surface area contributed by atoms with Gasteiger partial charge in [-0.2, -0.15) is 5.10 Å². The predicted octanol–water partition coefficient (Wildman–Crippen LogP) is 2.21. The van der Waals surface area contributed by atoms with Crippen LogP contribution in [0.5, 0.6) is 0 Å². The summed E-state index contributed by atoms with van der Waals surface area (Å²) in [6.07, 6.45) is 3.67. The number of halogens is 1. The highest BCUT2D eigenvalue weighted by molar-refractivity contribution is 6.31. The van der Waals surface area contributed by atoms with Gasteiger partial charge >= 0.3 is 0 Å². The third-order valence-electron chi connectivity index (χ3n) is 4.67. The minimum Gasteiger partial charge on any atom is -0.311 e. The Kier molecular flexibility index (Phi) is 4.07. The maximum absolute atomic E-state index is 6.50. The Bertz CT molecular complexity index is 480. The summed E-state index contributed by atoms with van der Waals surface area (Å²) in [6, 6.07) is 1.23. The zero-order chi connectivity index (χ0) is 14.3. The summed E-state index contributed by atoms with van der Waals surface area (Å²) >= 11 is 6.50. The smallest absolute Gasteiger partial charge is 0.0863 e. The van der Waals surface area contributed by atoms with Crippen LogP contribution in [0, 0.1) is 5.92 Å². The van der Waals surface area contributed by atoms with Gasteiger partial charge in [0.05, 0.1) is 16.4 Å². The van der Waals surface area contributed by atoms with Crippen molar-refractivity contribution in [2.45, 2.75) is 51.7 Å². The van der Waals surface area contributed by atoms with Gasteiger partial charge in [0.1, 0.15) is 0 Å². The SMILES string of the molecule is CCc1nn(C)c(CN2CC(C)NCC2C2CC2)c1Cl. The van der Waals surface area contributed by atoms with Gasteiger partial charge < -0.3 is 5.32 Å². The van der Waals surface area contributed by atoms with E-state index < -0.39 is 0 Å². The Labute approximate surface area is 126 Å². The number of aryl methyl sites for hydroxylation is 2. The largest absolute Gasteiger partial charge is 0.311 e. The van der Waals surface area contributed by atoms with Crippen molar-refractivity contribution in [2.75, 3.05) is 13.1 Å². The Morgan fingerprint density at radius 2 is 2.15 bits per heavy atom. The molecule has 1 saturated carbocycles. The summed E-state index contributed by atoms with van der Waals surface area (Å²) in [6.45, 7) is 7.51. The molecule has 0 radical (unpaired) electrons. The van der Waals surface area contributed by atoms with E-state index in [4.69, 9.17) is 11.6 Å². The normalized spacial score (nSPS) is 28.0. The first-order valence-corrected chi connectivity index (χ1v) is 8.15. The van der Waals surface area contributed by atoms with Crippen molar-refractivity contribution in [1.82, 2.24) is 20.0 Å². The lowest BCUT2D eigenvalue weighted by molar-refractivity contribution is 0.109. The van der Waals surface area contributed by atoms with Crippen LogP contribution in [0.4, 0.5) is 0 Å². The van der Waals surface area contributed by atoms with E-state index in [2.05, 4.69) is 29.2 Å². The van der Waals surface area contributed by atoms with E-state index in [1.165, 1.54) is 18.5 Å². The molecular weight excluding hydrogens is 272 g/mol. The third kappa shape index (κ3) is 2.74. The van der Waals surface area contributed by atoms with E-state index >= 15 is 0 Å². The number of hydrogen-bond acceptors (Lipinski definition) is 3. The van der Waals surface area contributed by atoms with Gasteiger partial charge in [0, 0.05) is 38.8 Å². The predicted molar refractivity (Wildman–Crippen MR) is 82.0 cm³/mol. The van der Waals surface area contributed by atoms with Crippen LogP contribution in [0.25, 0.3) is 0 Å². The third-order valence-corrected chi connectivity index (χ3v) is 5.11.